The number of aliphatic carboxylic acids is 1. The van der Waals surface area contributed by atoms with Gasteiger partial charge in [0.1, 0.15) is 0 Å². The fourth-order valence-corrected chi connectivity index (χ4v) is 4.46. The summed E-state index contributed by atoms with van der Waals surface area (Å²) in [6.07, 6.45) is 2.86. The Balaban J connectivity index is 1.76. The summed E-state index contributed by atoms with van der Waals surface area (Å²) in [4.78, 5) is 11.9. The normalized spacial score (nSPS) is 18.8. The molecule has 1 atom stereocenters. The molecular weight excluding hydrogens is 256 g/mol. The number of thiophene rings is 1. The zero-order chi connectivity index (χ0) is 12.3. The Morgan fingerprint density at radius 3 is 2.82 bits per heavy atom. The van der Waals surface area contributed by atoms with Crippen molar-refractivity contribution < 1.29 is 14.1 Å². The molecule has 0 radical (unpaired) electrons. The van der Waals surface area contributed by atoms with Crippen LogP contribution >= 0.6 is 11.3 Å². The highest BCUT2D eigenvalue weighted by Crippen LogP contribution is 2.49. The highest BCUT2D eigenvalue weighted by molar-refractivity contribution is 7.85. The van der Waals surface area contributed by atoms with Gasteiger partial charge in [-0.05, 0) is 36.1 Å². The summed E-state index contributed by atoms with van der Waals surface area (Å²) in [5.41, 5.74) is -0.147. The number of carboxylic acids is 1. The average Bonchev–Trinajstić information content (AvgIpc) is 2.81. The second kappa shape index (κ2) is 5.31. The Hall–Kier alpha value is -0.680. The van der Waals surface area contributed by atoms with Gasteiger partial charge in [-0.3, -0.25) is 9.00 Å². The Kier molecular flexibility index (Phi) is 3.99. The van der Waals surface area contributed by atoms with E-state index in [1.54, 1.807) is 11.3 Å². The van der Waals surface area contributed by atoms with E-state index in [2.05, 4.69) is 0 Å². The van der Waals surface area contributed by atoms with E-state index in [1.807, 2.05) is 17.5 Å². The van der Waals surface area contributed by atoms with E-state index in [-0.39, 0.29) is 11.8 Å². The van der Waals surface area contributed by atoms with Crippen LogP contribution in [-0.4, -0.2) is 26.8 Å². The average molecular weight is 272 g/mol. The molecule has 1 unspecified atom stereocenters. The lowest BCUT2D eigenvalue weighted by Crippen LogP contribution is -2.18. The molecule has 1 aromatic heterocycles. The van der Waals surface area contributed by atoms with Crippen LogP contribution in [0.15, 0.2) is 17.5 Å². The van der Waals surface area contributed by atoms with Gasteiger partial charge < -0.3 is 5.11 Å². The summed E-state index contributed by atoms with van der Waals surface area (Å²) in [6.45, 7) is 0. The van der Waals surface area contributed by atoms with E-state index in [4.69, 9.17) is 5.11 Å². The molecule has 0 aromatic carbocycles. The molecule has 2 rings (SSSR count). The van der Waals surface area contributed by atoms with E-state index in [9.17, 15) is 9.00 Å². The molecule has 3 nitrogen and oxygen atoms in total. The van der Waals surface area contributed by atoms with Crippen LogP contribution in [0.2, 0.25) is 0 Å². The van der Waals surface area contributed by atoms with E-state index in [0.29, 0.717) is 11.5 Å². The molecule has 0 saturated heterocycles. The van der Waals surface area contributed by atoms with Gasteiger partial charge in [0.25, 0.3) is 0 Å². The monoisotopic (exact) mass is 272 g/mol. The molecule has 0 aliphatic heterocycles. The third kappa shape index (κ3) is 3.92. The highest BCUT2D eigenvalue weighted by atomic mass is 32.2. The van der Waals surface area contributed by atoms with Crippen molar-refractivity contribution in [2.45, 2.75) is 25.7 Å². The molecular formula is C12H16O3S2. The zero-order valence-corrected chi connectivity index (χ0v) is 11.2. The third-order valence-electron chi connectivity index (χ3n) is 3.11. The minimum Gasteiger partial charge on any atom is -0.481 e. The molecule has 0 amide bonds. The maximum atomic E-state index is 11.9. The Morgan fingerprint density at radius 1 is 1.53 bits per heavy atom. The number of carboxylic acid groups (broad SMARTS) is 1. The largest absolute Gasteiger partial charge is 0.481 e. The molecule has 17 heavy (non-hydrogen) atoms. The predicted octanol–water partition coefficient (Wildman–Crippen LogP) is 2.29. The molecule has 1 aromatic rings. The van der Waals surface area contributed by atoms with E-state index >= 15 is 0 Å². The highest BCUT2D eigenvalue weighted by Gasteiger charge is 2.45. The first kappa shape index (κ1) is 12.8. The second-order valence-electron chi connectivity index (χ2n) is 4.69. The topological polar surface area (TPSA) is 54.4 Å². The van der Waals surface area contributed by atoms with Crippen LogP contribution in [-0.2, 0) is 22.0 Å². The van der Waals surface area contributed by atoms with Crippen LogP contribution in [0.5, 0.6) is 0 Å². The number of hydrogen-bond donors (Lipinski definition) is 1. The van der Waals surface area contributed by atoms with Gasteiger partial charge in [-0.25, -0.2) is 0 Å². The van der Waals surface area contributed by atoms with Crippen molar-refractivity contribution in [1.29, 1.82) is 0 Å². The van der Waals surface area contributed by atoms with Gasteiger partial charge in [0.15, 0.2) is 0 Å². The maximum absolute atomic E-state index is 11.9. The summed E-state index contributed by atoms with van der Waals surface area (Å²) in [5.74, 6) is 0.449. The molecule has 1 aliphatic carbocycles. The van der Waals surface area contributed by atoms with E-state index in [0.717, 1.165) is 19.3 Å². The van der Waals surface area contributed by atoms with Crippen molar-refractivity contribution in [1.82, 2.24) is 0 Å². The molecule has 0 spiro atoms. The fourth-order valence-electron chi connectivity index (χ4n) is 1.95. The SMILES string of the molecule is O=C(O)CC1(CS(=O)CCc2cccs2)CC1. The van der Waals surface area contributed by atoms with Crippen LogP contribution < -0.4 is 0 Å². The fraction of sp³-hybridized carbons (Fsp3) is 0.583. The minimum absolute atomic E-state index is 0.147. The lowest BCUT2D eigenvalue weighted by Gasteiger charge is -2.11. The Labute approximate surface area is 107 Å². The molecule has 94 valence electrons. The molecule has 5 heteroatoms. The van der Waals surface area contributed by atoms with Crippen LogP contribution in [0.25, 0.3) is 0 Å². The van der Waals surface area contributed by atoms with Crippen LogP contribution in [0, 0.1) is 5.41 Å². The second-order valence-corrected chi connectivity index (χ2v) is 7.30. The van der Waals surface area contributed by atoms with Gasteiger partial charge in [-0.2, -0.15) is 0 Å². The molecule has 1 saturated carbocycles. The third-order valence-corrected chi connectivity index (χ3v) is 5.64. The van der Waals surface area contributed by atoms with Gasteiger partial charge in [-0.1, -0.05) is 6.07 Å². The first-order valence-electron chi connectivity index (χ1n) is 5.69. The van der Waals surface area contributed by atoms with Gasteiger partial charge >= 0.3 is 5.97 Å². The summed E-state index contributed by atoms with van der Waals surface area (Å²) in [6, 6.07) is 4.04. The zero-order valence-electron chi connectivity index (χ0n) is 9.55. The number of rotatable bonds is 7. The van der Waals surface area contributed by atoms with Gasteiger partial charge in [-0.15, -0.1) is 11.3 Å². The summed E-state index contributed by atoms with van der Waals surface area (Å²) in [5, 5.41) is 10.8. The van der Waals surface area contributed by atoms with Gasteiger partial charge in [0, 0.05) is 27.2 Å². The molecule has 1 fully saturated rings. The number of carbonyl (C=O) groups is 1. The predicted molar refractivity (Wildman–Crippen MR) is 69.8 cm³/mol. The lowest BCUT2D eigenvalue weighted by molar-refractivity contribution is -0.138. The first-order valence-corrected chi connectivity index (χ1v) is 8.06. The number of aryl methyl sites for hydroxylation is 1. The Morgan fingerprint density at radius 2 is 2.29 bits per heavy atom. The van der Waals surface area contributed by atoms with Crippen LogP contribution in [0.1, 0.15) is 24.1 Å². The smallest absolute Gasteiger partial charge is 0.303 e. The Bertz CT molecular complexity index is 407. The van der Waals surface area contributed by atoms with Crippen LogP contribution in [0.4, 0.5) is 0 Å². The summed E-state index contributed by atoms with van der Waals surface area (Å²) in [7, 11) is -0.885. The van der Waals surface area contributed by atoms with Crippen molar-refractivity contribution >= 4 is 28.1 Å². The molecule has 1 heterocycles. The van der Waals surface area contributed by atoms with E-state index in [1.165, 1.54) is 4.88 Å². The lowest BCUT2D eigenvalue weighted by atomic mass is 10.1. The summed E-state index contributed by atoms with van der Waals surface area (Å²) >= 11 is 1.68. The maximum Gasteiger partial charge on any atom is 0.303 e. The van der Waals surface area contributed by atoms with Crippen molar-refractivity contribution in [2.24, 2.45) is 5.41 Å². The minimum atomic E-state index is -0.885. The van der Waals surface area contributed by atoms with Crippen LogP contribution in [0.3, 0.4) is 0 Å². The number of hydrogen-bond acceptors (Lipinski definition) is 3. The van der Waals surface area contributed by atoms with Gasteiger partial charge in [0.05, 0.1) is 6.42 Å². The van der Waals surface area contributed by atoms with Gasteiger partial charge in [0.2, 0.25) is 0 Å². The molecule has 1 N–H and O–H groups in total. The van der Waals surface area contributed by atoms with Crippen molar-refractivity contribution in [2.75, 3.05) is 11.5 Å². The standard InChI is InChI=1S/C12H16O3S2/c13-11(14)8-12(4-5-12)9-17(15)7-3-10-2-1-6-16-10/h1-2,6H,3-5,7-9H2,(H,13,14). The van der Waals surface area contributed by atoms with E-state index < -0.39 is 16.8 Å². The first-order chi connectivity index (χ1) is 8.10. The molecule has 0 bridgehead atoms. The van der Waals surface area contributed by atoms with Crippen molar-refractivity contribution in [3.8, 4) is 0 Å². The summed E-state index contributed by atoms with van der Waals surface area (Å²) < 4.78 is 11.9. The molecule has 1 aliphatic rings. The van der Waals surface area contributed by atoms with Crippen molar-refractivity contribution in [3.63, 3.8) is 0 Å². The van der Waals surface area contributed by atoms with Crippen molar-refractivity contribution in [3.05, 3.63) is 22.4 Å². The quantitative estimate of drug-likeness (QED) is 0.828.